The highest BCUT2D eigenvalue weighted by Crippen LogP contribution is 2.34. The van der Waals surface area contributed by atoms with Gasteiger partial charge >= 0.3 is 6.18 Å². The quantitative estimate of drug-likeness (QED) is 0.844. The van der Waals surface area contributed by atoms with Crippen LogP contribution in [0.15, 0.2) is 48.0 Å². The van der Waals surface area contributed by atoms with Gasteiger partial charge in [-0.1, -0.05) is 29.8 Å². The number of benzene rings is 2. The van der Waals surface area contributed by atoms with Crippen LogP contribution in [0.5, 0.6) is 5.75 Å². The number of carbonyl (C=O) groups excluding carboxylic acids is 1. The minimum atomic E-state index is -4.49. The van der Waals surface area contributed by atoms with E-state index >= 15 is 0 Å². The van der Waals surface area contributed by atoms with E-state index in [1.54, 1.807) is 18.2 Å². The lowest BCUT2D eigenvalue weighted by Crippen LogP contribution is -2.21. The second kappa shape index (κ2) is 6.20. The van der Waals surface area contributed by atoms with Gasteiger partial charge < -0.3 is 10.1 Å². The van der Waals surface area contributed by atoms with E-state index in [-0.39, 0.29) is 17.3 Å². The van der Waals surface area contributed by atoms with Crippen molar-refractivity contribution >= 4 is 29.3 Å². The van der Waals surface area contributed by atoms with Crippen molar-refractivity contribution in [3.63, 3.8) is 0 Å². The van der Waals surface area contributed by atoms with Crippen LogP contribution in [0.1, 0.15) is 11.1 Å². The van der Waals surface area contributed by atoms with Crippen molar-refractivity contribution in [1.82, 2.24) is 0 Å². The molecule has 1 amide bonds. The van der Waals surface area contributed by atoms with E-state index in [0.29, 0.717) is 11.3 Å². The molecule has 1 N–H and O–H groups in total. The molecular weight excluding hydrogens is 343 g/mol. The fourth-order valence-electron chi connectivity index (χ4n) is 2.24. The Balaban J connectivity index is 1.80. The summed E-state index contributed by atoms with van der Waals surface area (Å²) in [6.45, 7) is 0.0705. The summed E-state index contributed by atoms with van der Waals surface area (Å²) in [5.74, 6) is 0.188. The van der Waals surface area contributed by atoms with Crippen LogP contribution < -0.4 is 10.1 Å². The molecule has 2 aromatic carbocycles. The standard InChI is InChI=1S/C17H11ClF3NO2/c18-13-8-12(17(19,20)21)5-6-14(13)22-16(23)11-7-10-3-1-2-4-15(10)24-9-11/h1-8H,9H2,(H,22,23). The highest BCUT2D eigenvalue weighted by atomic mass is 35.5. The first-order valence-corrected chi connectivity index (χ1v) is 7.33. The van der Waals surface area contributed by atoms with Crippen molar-refractivity contribution < 1.29 is 22.7 Å². The SMILES string of the molecule is O=C(Nc1ccc(C(F)(F)F)cc1Cl)C1=Cc2ccccc2OC1. The summed E-state index contributed by atoms with van der Waals surface area (Å²) in [5.41, 5.74) is 0.339. The van der Waals surface area contributed by atoms with Gasteiger partial charge in [-0.05, 0) is 30.3 Å². The Bertz CT molecular complexity index is 831. The van der Waals surface area contributed by atoms with Crippen LogP contribution in [0.3, 0.4) is 0 Å². The third-order valence-corrected chi connectivity index (χ3v) is 3.78. The Morgan fingerprint density at radius 3 is 2.62 bits per heavy atom. The number of hydrogen-bond donors (Lipinski definition) is 1. The minimum Gasteiger partial charge on any atom is -0.488 e. The topological polar surface area (TPSA) is 38.3 Å². The second-order valence-corrected chi connectivity index (χ2v) is 5.55. The third kappa shape index (κ3) is 3.38. The maximum atomic E-state index is 12.6. The molecule has 0 spiro atoms. The Morgan fingerprint density at radius 2 is 1.92 bits per heavy atom. The van der Waals surface area contributed by atoms with Crippen LogP contribution in [0, 0.1) is 0 Å². The Labute approximate surface area is 140 Å². The van der Waals surface area contributed by atoms with Gasteiger partial charge in [-0.2, -0.15) is 13.2 Å². The van der Waals surface area contributed by atoms with Crippen LogP contribution in [0.25, 0.3) is 6.08 Å². The molecule has 1 aliphatic heterocycles. The molecule has 0 radical (unpaired) electrons. The lowest BCUT2D eigenvalue weighted by molar-refractivity contribution is -0.137. The fourth-order valence-corrected chi connectivity index (χ4v) is 2.47. The number of ether oxygens (including phenoxy) is 1. The number of hydrogen-bond acceptors (Lipinski definition) is 2. The summed E-state index contributed by atoms with van der Waals surface area (Å²) >= 11 is 5.83. The number of amides is 1. The van der Waals surface area contributed by atoms with Crippen LogP contribution in [-0.2, 0) is 11.0 Å². The van der Waals surface area contributed by atoms with Gasteiger partial charge in [-0.25, -0.2) is 0 Å². The number of rotatable bonds is 2. The summed E-state index contributed by atoms with van der Waals surface area (Å²) in [5, 5.41) is 2.32. The largest absolute Gasteiger partial charge is 0.488 e. The van der Waals surface area contributed by atoms with Crippen LogP contribution in [0.4, 0.5) is 18.9 Å². The van der Waals surface area contributed by atoms with Crippen molar-refractivity contribution in [3.8, 4) is 5.75 Å². The first kappa shape index (κ1) is 16.4. The first-order chi connectivity index (χ1) is 11.3. The molecule has 0 aliphatic carbocycles. The molecule has 0 unspecified atom stereocenters. The fraction of sp³-hybridized carbons (Fsp3) is 0.118. The molecule has 3 nitrogen and oxygen atoms in total. The normalized spacial score (nSPS) is 13.6. The highest BCUT2D eigenvalue weighted by molar-refractivity contribution is 6.34. The number of para-hydroxylation sites is 1. The van der Waals surface area contributed by atoms with E-state index in [1.807, 2.05) is 12.1 Å². The molecule has 0 bridgehead atoms. The average molecular weight is 354 g/mol. The summed E-state index contributed by atoms with van der Waals surface area (Å²) in [4.78, 5) is 12.3. The molecule has 7 heteroatoms. The predicted molar refractivity (Wildman–Crippen MR) is 85.0 cm³/mol. The molecule has 0 atom stereocenters. The van der Waals surface area contributed by atoms with Crippen molar-refractivity contribution in [1.29, 1.82) is 0 Å². The number of alkyl halides is 3. The summed E-state index contributed by atoms with van der Waals surface area (Å²) in [7, 11) is 0. The molecule has 0 saturated carbocycles. The van der Waals surface area contributed by atoms with E-state index in [1.165, 1.54) is 0 Å². The number of fused-ring (bicyclic) bond motifs is 1. The number of halogens is 4. The van der Waals surface area contributed by atoms with Gasteiger partial charge in [0.2, 0.25) is 0 Å². The van der Waals surface area contributed by atoms with Gasteiger partial charge in [0.25, 0.3) is 5.91 Å². The van der Waals surface area contributed by atoms with Gasteiger partial charge in [0.05, 0.1) is 21.8 Å². The molecule has 0 fully saturated rings. The zero-order valence-corrected chi connectivity index (χ0v) is 12.9. The summed E-state index contributed by atoms with van der Waals surface area (Å²) in [6.07, 6.45) is -2.82. The summed E-state index contributed by atoms with van der Waals surface area (Å²) in [6, 6.07) is 9.98. The molecule has 1 aliphatic rings. The minimum absolute atomic E-state index is 0.0705. The smallest absolute Gasteiger partial charge is 0.416 e. The maximum Gasteiger partial charge on any atom is 0.416 e. The van der Waals surface area contributed by atoms with E-state index in [9.17, 15) is 18.0 Å². The molecule has 1 heterocycles. The highest BCUT2D eigenvalue weighted by Gasteiger charge is 2.31. The Kier molecular flexibility index (Phi) is 4.24. The van der Waals surface area contributed by atoms with Gasteiger partial charge in [0.15, 0.2) is 0 Å². The van der Waals surface area contributed by atoms with Crippen LogP contribution >= 0.6 is 11.6 Å². The predicted octanol–water partition coefficient (Wildman–Crippen LogP) is 4.77. The molecule has 0 saturated heterocycles. The van der Waals surface area contributed by atoms with Crippen LogP contribution in [-0.4, -0.2) is 12.5 Å². The molecule has 2 aromatic rings. The number of nitrogens with one attached hydrogen (secondary N) is 1. The number of anilines is 1. The summed E-state index contributed by atoms with van der Waals surface area (Å²) < 4.78 is 43.3. The van der Waals surface area contributed by atoms with E-state index in [0.717, 1.165) is 23.8 Å². The van der Waals surface area contributed by atoms with Crippen molar-refractivity contribution in [2.24, 2.45) is 0 Å². The van der Waals surface area contributed by atoms with Gasteiger partial charge in [0, 0.05) is 5.56 Å². The lowest BCUT2D eigenvalue weighted by atomic mass is 10.1. The molecular formula is C17H11ClF3NO2. The van der Waals surface area contributed by atoms with Gasteiger partial charge in [-0.3, -0.25) is 4.79 Å². The Morgan fingerprint density at radius 1 is 1.17 bits per heavy atom. The molecule has 124 valence electrons. The van der Waals surface area contributed by atoms with Crippen molar-refractivity contribution in [3.05, 3.63) is 64.2 Å². The second-order valence-electron chi connectivity index (χ2n) is 5.14. The molecule has 0 aromatic heterocycles. The zero-order chi connectivity index (χ0) is 17.3. The molecule has 3 rings (SSSR count). The van der Waals surface area contributed by atoms with E-state index in [2.05, 4.69) is 5.32 Å². The van der Waals surface area contributed by atoms with Crippen molar-refractivity contribution in [2.45, 2.75) is 6.18 Å². The maximum absolute atomic E-state index is 12.6. The third-order valence-electron chi connectivity index (χ3n) is 3.47. The Hall–Kier alpha value is -2.47. The van der Waals surface area contributed by atoms with Gasteiger partial charge in [-0.15, -0.1) is 0 Å². The van der Waals surface area contributed by atoms with Crippen LogP contribution in [0.2, 0.25) is 5.02 Å². The van der Waals surface area contributed by atoms with E-state index in [4.69, 9.17) is 16.3 Å². The van der Waals surface area contributed by atoms with Gasteiger partial charge in [0.1, 0.15) is 12.4 Å². The van der Waals surface area contributed by atoms with E-state index < -0.39 is 17.6 Å². The number of carbonyl (C=O) groups is 1. The molecule has 24 heavy (non-hydrogen) atoms. The average Bonchev–Trinajstić information content (AvgIpc) is 2.55. The zero-order valence-electron chi connectivity index (χ0n) is 12.2. The lowest BCUT2D eigenvalue weighted by Gasteiger charge is -2.18. The van der Waals surface area contributed by atoms with Crippen molar-refractivity contribution in [2.75, 3.05) is 11.9 Å². The monoisotopic (exact) mass is 353 g/mol. The first-order valence-electron chi connectivity index (χ1n) is 6.95.